The summed E-state index contributed by atoms with van der Waals surface area (Å²) >= 11 is 0. The normalized spacial score (nSPS) is 14.1. The molecule has 0 aromatic heterocycles. The quantitative estimate of drug-likeness (QED) is 0.570. The molecule has 0 heterocycles. The van der Waals surface area contributed by atoms with E-state index in [9.17, 15) is 9.59 Å². The van der Waals surface area contributed by atoms with Gasteiger partial charge < -0.3 is 9.47 Å². The second-order valence-electron chi connectivity index (χ2n) is 6.46. The lowest BCUT2D eigenvalue weighted by Gasteiger charge is -2.19. The topological polar surface area (TPSA) is 52.6 Å². The van der Waals surface area contributed by atoms with Gasteiger partial charge in [-0.15, -0.1) is 0 Å². The van der Waals surface area contributed by atoms with Crippen LogP contribution in [0.25, 0.3) is 0 Å². The lowest BCUT2D eigenvalue weighted by molar-refractivity contribution is -0.152. The Kier molecular flexibility index (Phi) is 10.1. The number of esters is 2. The Morgan fingerprint density at radius 1 is 0.905 bits per heavy atom. The van der Waals surface area contributed by atoms with Gasteiger partial charge in [-0.3, -0.25) is 9.59 Å². The Morgan fingerprint density at radius 3 is 1.86 bits per heavy atom. The number of rotatable bonds is 10. The standard InChI is InChI=1S/C17H32O4/c1-7-15(13(4)5)21-17(19)10-8-9-16(18)20-14(6)11-12(2)3/h12-15H,7-11H2,1-6H3. The summed E-state index contributed by atoms with van der Waals surface area (Å²) in [5.41, 5.74) is 0. The van der Waals surface area contributed by atoms with Crippen LogP contribution < -0.4 is 0 Å². The maximum absolute atomic E-state index is 11.7. The number of hydrogen-bond acceptors (Lipinski definition) is 4. The molecule has 4 heteroatoms. The lowest BCUT2D eigenvalue weighted by Crippen LogP contribution is -2.23. The zero-order chi connectivity index (χ0) is 16.4. The molecule has 0 aliphatic heterocycles. The van der Waals surface area contributed by atoms with Crippen LogP contribution in [-0.4, -0.2) is 24.1 Å². The van der Waals surface area contributed by atoms with Crippen LogP contribution in [0.1, 0.15) is 73.6 Å². The predicted molar refractivity (Wildman–Crippen MR) is 83.9 cm³/mol. The second kappa shape index (κ2) is 10.6. The summed E-state index contributed by atoms with van der Waals surface area (Å²) in [6.45, 7) is 12.2. The highest BCUT2D eigenvalue weighted by Gasteiger charge is 2.17. The molecule has 0 rings (SSSR count). The fourth-order valence-corrected chi connectivity index (χ4v) is 2.29. The summed E-state index contributed by atoms with van der Waals surface area (Å²) in [6.07, 6.45) is 2.62. The van der Waals surface area contributed by atoms with Crippen LogP contribution in [0.3, 0.4) is 0 Å². The van der Waals surface area contributed by atoms with Crippen molar-refractivity contribution in [3.8, 4) is 0 Å². The molecular formula is C17H32O4. The Bertz CT molecular complexity index is 310. The Morgan fingerprint density at radius 2 is 1.43 bits per heavy atom. The monoisotopic (exact) mass is 300 g/mol. The fraction of sp³-hybridized carbons (Fsp3) is 0.882. The molecule has 0 aliphatic rings. The third-order valence-corrected chi connectivity index (χ3v) is 3.33. The average molecular weight is 300 g/mol. The minimum atomic E-state index is -0.230. The van der Waals surface area contributed by atoms with Crippen molar-refractivity contribution in [3.05, 3.63) is 0 Å². The van der Waals surface area contributed by atoms with Crippen LogP contribution in [0.5, 0.6) is 0 Å². The van der Waals surface area contributed by atoms with Gasteiger partial charge in [-0.05, 0) is 38.0 Å². The predicted octanol–water partition coefficient (Wildman–Crippen LogP) is 4.11. The number of hydrogen-bond donors (Lipinski definition) is 0. The molecule has 0 amide bonds. The number of ether oxygens (including phenoxy) is 2. The maximum atomic E-state index is 11.7. The van der Waals surface area contributed by atoms with Gasteiger partial charge in [-0.1, -0.05) is 34.6 Å². The molecule has 21 heavy (non-hydrogen) atoms. The molecule has 0 aliphatic carbocycles. The molecule has 2 atom stereocenters. The molecule has 0 fully saturated rings. The third-order valence-electron chi connectivity index (χ3n) is 3.33. The summed E-state index contributed by atoms with van der Waals surface area (Å²) in [7, 11) is 0. The highest BCUT2D eigenvalue weighted by molar-refractivity contribution is 5.72. The first-order valence-electron chi connectivity index (χ1n) is 8.15. The molecule has 0 aromatic carbocycles. The largest absolute Gasteiger partial charge is 0.463 e. The summed E-state index contributed by atoms with van der Waals surface area (Å²) in [5, 5.41) is 0. The van der Waals surface area contributed by atoms with E-state index in [4.69, 9.17) is 9.47 Å². The molecule has 2 unspecified atom stereocenters. The lowest BCUT2D eigenvalue weighted by atomic mass is 10.1. The van der Waals surface area contributed by atoms with E-state index in [2.05, 4.69) is 13.8 Å². The van der Waals surface area contributed by atoms with Gasteiger partial charge >= 0.3 is 11.9 Å². The summed E-state index contributed by atoms with van der Waals surface area (Å²) < 4.78 is 10.7. The number of carbonyl (C=O) groups excluding carboxylic acids is 2. The van der Waals surface area contributed by atoms with E-state index < -0.39 is 0 Å². The summed E-state index contributed by atoms with van der Waals surface area (Å²) in [6, 6.07) is 0. The van der Waals surface area contributed by atoms with Gasteiger partial charge in [-0.25, -0.2) is 0 Å². The molecule has 0 spiro atoms. The van der Waals surface area contributed by atoms with Crippen LogP contribution in [0, 0.1) is 11.8 Å². The Hall–Kier alpha value is -1.06. The van der Waals surface area contributed by atoms with Gasteiger partial charge in [0, 0.05) is 12.8 Å². The highest BCUT2D eigenvalue weighted by Crippen LogP contribution is 2.13. The van der Waals surface area contributed by atoms with Crippen molar-refractivity contribution >= 4 is 11.9 Å². The first kappa shape index (κ1) is 19.9. The van der Waals surface area contributed by atoms with Crippen LogP contribution in [0.4, 0.5) is 0 Å². The molecular weight excluding hydrogens is 268 g/mol. The van der Waals surface area contributed by atoms with Gasteiger partial charge in [0.15, 0.2) is 0 Å². The first-order chi connectivity index (χ1) is 9.76. The van der Waals surface area contributed by atoms with E-state index in [1.165, 1.54) is 0 Å². The summed E-state index contributed by atoms with van der Waals surface area (Å²) in [5.74, 6) is 0.371. The molecule has 0 saturated heterocycles. The first-order valence-corrected chi connectivity index (χ1v) is 8.15. The molecule has 0 radical (unpaired) electrons. The SMILES string of the molecule is CCC(OC(=O)CCCC(=O)OC(C)CC(C)C)C(C)C. The zero-order valence-corrected chi connectivity index (χ0v) is 14.5. The van der Waals surface area contributed by atoms with Gasteiger partial charge in [0.2, 0.25) is 0 Å². The van der Waals surface area contributed by atoms with E-state index in [1.807, 2.05) is 27.7 Å². The van der Waals surface area contributed by atoms with Crippen molar-refractivity contribution in [3.63, 3.8) is 0 Å². The minimum Gasteiger partial charge on any atom is -0.463 e. The van der Waals surface area contributed by atoms with Crippen molar-refractivity contribution < 1.29 is 19.1 Å². The molecule has 124 valence electrons. The molecule has 0 bridgehead atoms. The van der Waals surface area contributed by atoms with Crippen molar-refractivity contribution in [2.75, 3.05) is 0 Å². The van der Waals surface area contributed by atoms with Crippen LogP contribution in [0.15, 0.2) is 0 Å². The fourth-order valence-electron chi connectivity index (χ4n) is 2.29. The second-order valence-corrected chi connectivity index (χ2v) is 6.46. The van der Waals surface area contributed by atoms with Crippen LogP contribution >= 0.6 is 0 Å². The van der Waals surface area contributed by atoms with E-state index >= 15 is 0 Å². The average Bonchev–Trinajstić information content (AvgIpc) is 2.34. The minimum absolute atomic E-state index is 0.0319. The van der Waals surface area contributed by atoms with E-state index in [0.29, 0.717) is 18.3 Å². The highest BCUT2D eigenvalue weighted by atomic mass is 16.5. The van der Waals surface area contributed by atoms with Gasteiger partial charge in [0.25, 0.3) is 0 Å². The molecule has 0 aromatic rings. The van der Waals surface area contributed by atoms with Crippen molar-refractivity contribution in [2.24, 2.45) is 11.8 Å². The van der Waals surface area contributed by atoms with Crippen molar-refractivity contribution in [2.45, 2.75) is 85.9 Å². The smallest absolute Gasteiger partial charge is 0.306 e. The van der Waals surface area contributed by atoms with Crippen LogP contribution in [0.2, 0.25) is 0 Å². The molecule has 4 nitrogen and oxygen atoms in total. The van der Waals surface area contributed by atoms with Crippen LogP contribution in [-0.2, 0) is 19.1 Å². The van der Waals surface area contributed by atoms with Crippen molar-refractivity contribution in [1.82, 2.24) is 0 Å². The zero-order valence-electron chi connectivity index (χ0n) is 14.5. The Labute approximate surface area is 129 Å². The van der Waals surface area contributed by atoms with Gasteiger partial charge in [-0.2, -0.15) is 0 Å². The van der Waals surface area contributed by atoms with Crippen molar-refractivity contribution in [1.29, 1.82) is 0 Å². The van der Waals surface area contributed by atoms with Gasteiger partial charge in [0.05, 0.1) is 6.10 Å². The Balaban J connectivity index is 3.87. The van der Waals surface area contributed by atoms with E-state index in [1.54, 1.807) is 0 Å². The van der Waals surface area contributed by atoms with E-state index in [0.717, 1.165) is 12.8 Å². The maximum Gasteiger partial charge on any atom is 0.306 e. The summed E-state index contributed by atoms with van der Waals surface area (Å²) in [4.78, 5) is 23.3. The number of carbonyl (C=O) groups is 2. The third kappa shape index (κ3) is 10.3. The van der Waals surface area contributed by atoms with Gasteiger partial charge in [0.1, 0.15) is 6.10 Å². The molecule has 0 N–H and O–H groups in total. The van der Waals surface area contributed by atoms with E-state index in [-0.39, 0.29) is 37.0 Å². The molecule has 0 saturated carbocycles.